The van der Waals surface area contributed by atoms with Gasteiger partial charge in [-0.05, 0) is 30.3 Å². The molecule has 1 heterocycles. The third-order valence-electron chi connectivity index (χ3n) is 4.00. The Morgan fingerprint density at radius 1 is 1.15 bits per heavy atom. The zero-order chi connectivity index (χ0) is 19.4. The van der Waals surface area contributed by atoms with Crippen LogP contribution >= 0.6 is 11.3 Å². The minimum absolute atomic E-state index is 0.320. The van der Waals surface area contributed by atoms with Crippen molar-refractivity contribution in [1.82, 2.24) is 4.57 Å². The van der Waals surface area contributed by atoms with Crippen molar-refractivity contribution in [2.75, 3.05) is 27.9 Å². The molecule has 27 heavy (non-hydrogen) atoms. The highest BCUT2D eigenvalue weighted by atomic mass is 32.1. The lowest BCUT2D eigenvalue weighted by molar-refractivity contribution is 0.0994. The predicted molar refractivity (Wildman–Crippen MR) is 101 cm³/mol. The molecule has 0 spiro atoms. The van der Waals surface area contributed by atoms with Crippen LogP contribution in [0.1, 0.15) is 10.4 Å². The SMILES string of the molecule is COCCn1c(=NC(=O)c2ccc(OC)cc2OC)sc2cc(F)ccc21. The second-order valence-corrected chi connectivity index (χ2v) is 6.63. The number of thiazole rings is 1. The van der Waals surface area contributed by atoms with Gasteiger partial charge in [0.15, 0.2) is 4.80 Å². The number of aromatic nitrogens is 1. The van der Waals surface area contributed by atoms with Crippen LogP contribution in [0.15, 0.2) is 41.4 Å². The standard InChI is InChI=1S/C19H19FN2O4S/c1-24-9-8-22-15-7-4-12(20)10-17(15)27-19(22)21-18(23)14-6-5-13(25-2)11-16(14)26-3/h4-7,10-11H,8-9H2,1-3H3. The fourth-order valence-electron chi connectivity index (χ4n) is 2.65. The van der Waals surface area contributed by atoms with Crippen molar-refractivity contribution in [3.8, 4) is 11.5 Å². The molecule has 0 aliphatic heterocycles. The Morgan fingerprint density at radius 2 is 1.96 bits per heavy atom. The maximum absolute atomic E-state index is 13.6. The summed E-state index contributed by atoms with van der Waals surface area (Å²) >= 11 is 1.25. The molecule has 0 unspecified atom stereocenters. The highest BCUT2D eigenvalue weighted by Gasteiger charge is 2.14. The monoisotopic (exact) mass is 390 g/mol. The maximum atomic E-state index is 13.6. The fraction of sp³-hybridized carbons (Fsp3) is 0.263. The lowest BCUT2D eigenvalue weighted by Gasteiger charge is -2.08. The molecule has 1 aromatic heterocycles. The first-order valence-corrected chi connectivity index (χ1v) is 8.98. The number of carbonyl (C=O) groups excluding carboxylic acids is 1. The first-order chi connectivity index (χ1) is 13.1. The summed E-state index contributed by atoms with van der Waals surface area (Å²) in [5, 5.41) is 0. The number of rotatable bonds is 6. The average Bonchev–Trinajstić information content (AvgIpc) is 3.01. The van der Waals surface area contributed by atoms with E-state index in [4.69, 9.17) is 14.2 Å². The van der Waals surface area contributed by atoms with E-state index in [1.165, 1.54) is 37.7 Å². The number of hydrogen-bond donors (Lipinski definition) is 0. The molecule has 0 aliphatic rings. The van der Waals surface area contributed by atoms with Gasteiger partial charge in [0.25, 0.3) is 5.91 Å². The number of ether oxygens (including phenoxy) is 3. The zero-order valence-electron chi connectivity index (χ0n) is 15.2. The van der Waals surface area contributed by atoms with Crippen LogP contribution < -0.4 is 14.3 Å². The summed E-state index contributed by atoms with van der Waals surface area (Å²) in [6, 6.07) is 9.40. The average molecular weight is 390 g/mol. The molecule has 0 N–H and O–H groups in total. The fourth-order valence-corrected chi connectivity index (χ4v) is 3.73. The molecule has 6 nitrogen and oxygen atoms in total. The van der Waals surface area contributed by atoms with Crippen molar-refractivity contribution >= 4 is 27.5 Å². The number of hydrogen-bond acceptors (Lipinski definition) is 5. The van der Waals surface area contributed by atoms with Crippen LogP contribution in [0.3, 0.4) is 0 Å². The molecule has 0 saturated carbocycles. The van der Waals surface area contributed by atoms with Crippen molar-refractivity contribution < 1.29 is 23.4 Å². The Morgan fingerprint density at radius 3 is 2.67 bits per heavy atom. The lowest BCUT2D eigenvalue weighted by atomic mass is 10.2. The van der Waals surface area contributed by atoms with Gasteiger partial charge >= 0.3 is 0 Å². The Labute approximate surface area is 159 Å². The molecular formula is C19H19FN2O4S. The first-order valence-electron chi connectivity index (χ1n) is 8.16. The molecule has 0 radical (unpaired) electrons. The topological polar surface area (TPSA) is 62.1 Å². The Bertz CT molecular complexity index is 1040. The maximum Gasteiger partial charge on any atom is 0.283 e. The van der Waals surface area contributed by atoms with Crippen molar-refractivity contribution in [3.05, 3.63) is 52.6 Å². The van der Waals surface area contributed by atoms with E-state index in [2.05, 4.69) is 4.99 Å². The van der Waals surface area contributed by atoms with Crippen molar-refractivity contribution in [1.29, 1.82) is 0 Å². The van der Waals surface area contributed by atoms with Gasteiger partial charge in [0, 0.05) is 19.7 Å². The molecule has 3 rings (SSSR count). The molecule has 0 bridgehead atoms. The Kier molecular flexibility index (Phi) is 5.88. The second-order valence-electron chi connectivity index (χ2n) is 5.62. The molecule has 8 heteroatoms. The van der Waals surface area contributed by atoms with Gasteiger partial charge < -0.3 is 18.8 Å². The Balaban J connectivity index is 2.10. The van der Waals surface area contributed by atoms with E-state index in [9.17, 15) is 9.18 Å². The van der Waals surface area contributed by atoms with E-state index in [1.807, 2.05) is 4.57 Å². The highest BCUT2D eigenvalue weighted by Crippen LogP contribution is 2.25. The largest absolute Gasteiger partial charge is 0.497 e. The molecule has 0 aliphatic carbocycles. The van der Waals surface area contributed by atoms with Crippen LogP contribution in [0.5, 0.6) is 11.5 Å². The summed E-state index contributed by atoms with van der Waals surface area (Å²) in [7, 11) is 4.61. The smallest absolute Gasteiger partial charge is 0.283 e. The number of fused-ring (bicyclic) bond motifs is 1. The van der Waals surface area contributed by atoms with Gasteiger partial charge in [0.05, 0.1) is 36.6 Å². The number of methoxy groups -OCH3 is 3. The second kappa shape index (κ2) is 8.32. The van der Waals surface area contributed by atoms with E-state index in [1.54, 1.807) is 31.4 Å². The van der Waals surface area contributed by atoms with Gasteiger partial charge in [-0.1, -0.05) is 11.3 Å². The van der Waals surface area contributed by atoms with Crippen LogP contribution in [0.2, 0.25) is 0 Å². The lowest BCUT2D eigenvalue weighted by Crippen LogP contribution is -2.19. The minimum atomic E-state index is -0.451. The van der Waals surface area contributed by atoms with E-state index in [0.29, 0.717) is 39.7 Å². The molecule has 1 amide bonds. The number of carbonyl (C=O) groups is 1. The summed E-state index contributed by atoms with van der Waals surface area (Å²) in [6.07, 6.45) is 0. The summed E-state index contributed by atoms with van der Waals surface area (Å²) in [6.45, 7) is 0.935. The van der Waals surface area contributed by atoms with Gasteiger partial charge in [0.1, 0.15) is 17.3 Å². The van der Waals surface area contributed by atoms with Crippen LogP contribution in [0.25, 0.3) is 10.2 Å². The highest BCUT2D eigenvalue weighted by molar-refractivity contribution is 7.16. The number of benzene rings is 2. The molecule has 0 atom stereocenters. The summed E-state index contributed by atoms with van der Waals surface area (Å²) < 4.78 is 31.7. The quantitative estimate of drug-likeness (QED) is 0.648. The Hall–Kier alpha value is -2.71. The van der Waals surface area contributed by atoms with Gasteiger partial charge in [0.2, 0.25) is 0 Å². The van der Waals surface area contributed by atoms with Crippen molar-refractivity contribution in [3.63, 3.8) is 0 Å². The molecule has 0 fully saturated rings. The number of amides is 1. The normalized spacial score (nSPS) is 11.8. The summed E-state index contributed by atoms with van der Waals surface area (Å²) in [4.78, 5) is 17.5. The van der Waals surface area contributed by atoms with Crippen LogP contribution in [0.4, 0.5) is 4.39 Å². The van der Waals surface area contributed by atoms with Gasteiger partial charge in [-0.3, -0.25) is 4.79 Å². The van der Waals surface area contributed by atoms with Crippen LogP contribution in [-0.4, -0.2) is 38.4 Å². The van der Waals surface area contributed by atoms with E-state index < -0.39 is 5.91 Å². The molecule has 142 valence electrons. The van der Waals surface area contributed by atoms with Crippen molar-refractivity contribution in [2.45, 2.75) is 6.54 Å². The zero-order valence-corrected chi connectivity index (χ0v) is 16.0. The third-order valence-corrected chi connectivity index (χ3v) is 5.04. The first kappa shape index (κ1) is 19.1. The van der Waals surface area contributed by atoms with Gasteiger partial charge in [-0.25, -0.2) is 4.39 Å². The summed E-state index contributed by atoms with van der Waals surface area (Å²) in [5.41, 5.74) is 1.12. The molecule has 0 saturated heterocycles. The van der Waals surface area contributed by atoms with Gasteiger partial charge in [-0.2, -0.15) is 4.99 Å². The van der Waals surface area contributed by atoms with E-state index in [-0.39, 0.29) is 5.82 Å². The molecular weight excluding hydrogens is 371 g/mol. The van der Waals surface area contributed by atoms with Crippen LogP contribution in [-0.2, 0) is 11.3 Å². The third kappa shape index (κ3) is 4.01. The minimum Gasteiger partial charge on any atom is -0.497 e. The summed E-state index contributed by atoms with van der Waals surface area (Å²) in [5.74, 6) is 0.166. The van der Waals surface area contributed by atoms with Crippen molar-refractivity contribution in [2.24, 2.45) is 4.99 Å². The number of nitrogens with zero attached hydrogens (tertiary/aromatic N) is 2. The van der Waals surface area contributed by atoms with E-state index in [0.717, 1.165) is 5.52 Å². The number of halogens is 1. The molecule has 2 aromatic carbocycles. The van der Waals surface area contributed by atoms with Crippen LogP contribution in [0, 0.1) is 5.82 Å². The van der Waals surface area contributed by atoms with Gasteiger partial charge in [-0.15, -0.1) is 0 Å². The predicted octanol–water partition coefficient (Wildman–Crippen LogP) is 3.25. The molecule has 3 aromatic rings. The van der Waals surface area contributed by atoms with E-state index >= 15 is 0 Å².